The fourth-order valence-electron chi connectivity index (χ4n) is 3.14. The Morgan fingerprint density at radius 2 is 1.72 bits per heavy atom. The molecule has 0 fully saturated rings. The smallest absolute Gasteiger partial charge is 0.357 e. The van der Waals surface area contributed by atoms with Crippen LogP contribution in [-0.2, 0) is 4.74 Å². The maximum atomic E-state index is 12.6. The first-order valence-corrected chi connectivity index (χ1v) is 8.83. The Morgan fingerprint density at radius 3 is 2.28 bits per heavy atom. The van der Waals surface area contributed by atoms with Crippen molar-refractivity contribution < 1.29 is 14.3 Å². The predicted molar refractivity (Wildman–Crippen MR) is 110 cm³/mol. The van der Waals surface area contributed by atoms with E-state index in [0.717, 1.165) is 16.8 Å². The van der Waals surface area contributed by atoms with Gasteiger partial charge in [0.25, 0.3) is 5.91 Å². The number of anilines is 2. The summed E-state index contributed by atoms with van der Waals surface area (Å²) in [5, 5.41) is 12.1. The molecule has 1 aromatic heterocycles. The fraction of sp³-hybridized carbons (Fsp3) is 0.136. The minimum Gasteiger partial charge on any atom is -0.464 e. The number of hydrogen-bond acceptors (Lipinski definition) is 5. The highest BCUT2D eigenvalue weighted by Gasteiger charge is 2.21. The molecule has 2 aromatic carbocycles. The molecule has 0 atom stereocenters. The van der Waals surface area contributed by atoms with Crippen molar-refractivity contribution in [1.82, 2.24) is 4.57 Å². The number of ether oxygens (including phenoxy) is 1. The lowest BCUT2D eigenvalue weighted by atomic mass is 10.1. The van der Waals surface area contributed by atoms with Crippen LogP contribution in [-0.4, -0.2) is 23.6 Å². The van der Waals surface area contributed by atoms with Crippen LogP contribution in [0.15, 0.2) is 48.7 Å². The van der Waals surface area contributed by atoms with Gasteiger partial charge in [-0.2, -0.15) is 5.26 Å². The van der Waals surface area contributed by atoms with E-state index in [1.54, 1.807) is 24.3 Å². The fourth-order valence-corrected chi connectivity index (χ4v) is 3.14. The molecule has 0 unspecified atom stereocenters. The topological polar surface area (TPSA) is 110 Å². The molecule has 0 radical (unpaired) electrons. The summed E-state index contributed by atoms with van der Waals surface area (Å²) in [6.07, 6.45) is 1.46. The van der Waals surface area contributed by atoms with E-state index in [4.69, 9.17) is 10.5 Å². The van der Waals surface area contributed by atoms with Crippen molar-refractivity contribution in [3.05, 3.63) is 76.6 Å². The quantitative estimate of drug-likeness (QED) is 0.664. The van der Waals surface area contributed by atoms with Crippen molar-refractivity contribution in [1.29, 1.82) is 5.26 Å². The van der Waals surface area contributed by atoms with Gasteiger partial charge in [-0.25, -0.2) is 4.79 Å². The Morgan fingerprint density at radius 1 is 1.10 bits per heavy atom. The van der Waals surface area contributed by atoms with Crippen LogP contribution in [0.25, 0.3) is 5.69 Å². The molecular weight excluding hydrogens is 368 g/mol. The predicted octanol–water partition coefficient (Wildman–Crippen LogP) is 3.59. The van der Waals surface area contributed by atoms with Gasteiger partial charge in [-0.1, -0.05) is 6.07 Å². The lowest BCUT2D eigenvalue weighted by Gasteiger charge is -2.10. The summed E-state index contributed by atoms with van der Waals surface area (Å²) in [6.45, 7) is 3.93. The molecule has 3 rings (SSSR count). The number of rotatable bonds is 4. The molecule has 7 heteroatoms. The Labute approximate surface area is 168 Å². The van der Waals surface area contributed by atoms with E-state index in [-0.39, 0.29) is 22.9 Å². The summed E-state index contributed by atoms with van der Waals surface area (Å²) >= 11 is 0. The van der Waals surface area contributed by atoms with Crippen molar-refractivity contribution in [3.63, 3.8) is 0 Å². The average Bonchev–Trinajstić information content (AvgIpc) is 3.03. The number of nitrogen functional groups attached to an aromatic ring is 1. The van der Waals surface area contributed by atoms with E-state index in [9.17, 15) is 14.9 Å². The highest BCUT2D eigenvalue weighted by Crippen LogP contribution is 2.25. The molecule has 3 aromatic rings. The largest absolute Gasteiger partial charge is 0.464 e. The minimum absolute atomic E-state index is 0.0518. The van der Waals surface area contributed by atoms with Gasteiger partial charge in [0.2, 0.25) is 0 Å². The Bertz CT molecular complexity index is 1120. The molecule has 0 bridgehead atoms. The molecule has 146 valence electrons. The number of carbonyl (C=O) groups excluding carboxylic acids is 2. The number of methoxy groups -OCH3 is 1. The highest BCUT2D eigenvalue weighted by atomic mass is 16.5. The van der Waals surface area contributed by atoms with Gasteiger partial charge >= 0.3 is 5.97 Å². The van der Waals surface area contributed by atoms with Crippen molar-refractivity contribution in [2.75, 3.05) is 18.2 Å². The first kappa shape index (κ1) is 19.7. The van der Waals surface area contributed by atoms with Gasteiger partial charge < -0.3 is 20.4 Å². The maximum Gasteiger partial charge on any atom is 0.357 e. The van der Waals surface area contributed by atoms with Crippen molar-refractivity contribution in [3.8, 4) is 11.8 Å². The SMILES string of the molecule is COC(=O)c1c(N)c(C#N)cn1-c1ccc(C(=O)Nc2cc(C)cc(C)c2)cc1. The summed E-state index contributed by atoms with van der Waals surface area (Å²) in [5.41, 5.74) is 10.1. The van der Waals surface area contributed by atoms with Gasteiger partial charge in [-0.3, -0.25) is 4.79 Å². The first-order valence-electron chi connectivity index (χ1n) is 8.83. The lowest BCUT2D eigenvalue weighted by Crippen LogP contribution is -2.13. The van der Waals surface area contributed by atoms with Crippen LogP contribution < -0.4 is 11.1 Å². The molecule has 29 heavy (non-hydrogen) atoms. The van der Waals surface area contributed by atoms with Crippen LogP contribution in [0.3, 0.4) is 0 Å². The van der Waals surface area contributed by atoms with Crippen LogP contribution in [0.1, 0.15) is 37.5 Å². The van der Waals surface area contributed by atoms with E-state index < -0.39 is 5.97 Å². The summed E-state index contributed by atoms with van der Waals surface area (Å²) in [4.78, 5) is 24.6. The second kappa shape index (κ2) is 7.90. The van der Waals surface area contributed by atoms with Crippen LogP contribution >= 0.6 is 0 Å². The molecule has 0 aliphatic carbocycles. The van der Waals surface area contributed by atoms with Crippen LogP contribution in [0.2, 0.25) is 0 Å². The normalized spacial score (nSPS) is 10.3. The van der Waals surface area contributed by atoms with Crippen LogP contribution in [0, 0.1) is 25.2 Å². The Balaban J connectivity index is 1.90. The van der Waals surface area contributed by atoms with Gasteiger partial charge in [0.1, 0.15) is 6.07 Å². The Kier molecular flexibility index (Phi) is 5.37. The van der Waals surface area contributed by atoms with Gasteiger partial charge in [-0.15, -0.1) is 0 Å². The van der Waals surface area contributed by atoms with Gasteiger partial charge in [0, 0.05) is 23.1 Å². The van der Waals surface area contributed by atoms with E-state index in [2.05, 4.69) is 5.32 Å². The monoisotopic (exact) mass is 388 g/mol. The highest BCUT2D eigenvalue weighted by molar-refractivity contribution is 6.04. The van der Waals surface area contributed by atoms with Crippen molar-refractivity contribution in [2.45, 2.75) is 13.8 Å². The molecule has 0 saturated carbocycles. The molecular formula is C22H20N4O3. The zero-order valence-corrected chi connectivity index (χ0v) is 16.3. The molecule has 0 spiro atoms. The van der Waals surface area contributed by atoms with Crippen LogP contribution in [0.4, 0.5) is 11.4 Å². The summed E-state index contributed by atoms with van der Waals surface area (Å²) < 4.78 is 6.25. The number of hydrogen-bond donors (Lipinski definition) is 2. The second-order valence-electron chi connectivity index (χ2n) is 6.66. The third-order valence-corrected chi connectivity index (χ3v) is 4.43. The number of nitriles is 1. The number of amides is 1. The van der Waals surface area contributed by atoms with E-state index in [1.165, 1.54) is 17.9 Å². The standard InChI is InChI=1S/C22H20N4O3/c1-13-8-14(2)10-17(9-13)25-21(27)15-4-6-18(7-5-15)26-12-16(11-23)19(24)20(26)22(28)29-3/h4-10,12H,24H2,1-3H3,(H,25,27). The molecule has 0 aliphatic rings. The van der Waals surface area contributed by atoms with Crippen LogP contribution in [0.5, 0.6) is 0 Å². The number of nitrogens with zero attached hydrogens (tertiary/aromatic N) is 2. The molecule has 0 saturated heterocycles. The van der Waals surface area contributed by atoms with Crippen molar-refractivity contribution >= 4 is 23.3 Å². The van der Waals surface area contributed by atoms with Gasteiger partial charge in [0.15, 0.2) is 5.69 Å². The molecule has 3 N–H and O–H groups in total. The minimum atomic E-state index is -0.652. The number of esters is 1. The summed E-state index contributed by atoms with van der Waals surface area (Å²) in [6, 6.07) is 14.4. The number of carbonyl (C=O) groups is 2. The third kappa shape index (κ3) is 3.96. The Hall–Kier alpha value is -4.05. The molecule has 0 aliphatic heterocycles. The van der Waals surface area contributed by atoms with E-state index >= 15 is 0 Å². The molecule has 1 heterocycles. The van der Waals surface area contributed by atoms with E-state index in [1.807, 2.05) is 38.1 Å². The second-order valence-corrected chi connectivity index (χ2v) is 6.66. The maximum absolute atomic E-state index is 12.6. The molecule has 1 amide bonds. The summed E-state index contributed by atoms with van der Waals surface area (Å²) in [7, 11) is 1.24. The number of aromatic nitrogens is 1. The number of aryl methyl sites for hydroxylation is 2. The zero-order chi connectivity index (χ0) is 21.1. The number of nitrogens with one attached hydrogen (secondary N) is 1. The third-order valence-electron chi connectivity index (χ3n) is 4.43. The molecule has 7 nitrogen and oxygen atoms in total. The summed E-state index contributed by atoms with van der Waals surface area (Å²) in [5.74, 6) is -0.903. The van der Waals surface area contributed by atoms with Gasteiger partial charge in [-0.05, 0) is 61.4 Å². The first-order chi connectivity index (χ1) is 13.8. The number of benzene rings is 2. The van der Waals surface area contributed by atoms with Crippen molar-refractivity contribution in [2.24, 2.45) is 0 Å². The van der Waals surface area contributed by atoms with E-state index in [0.29, 0.717) is 11.3 Å². The van der Waals surface area contributed by atoms with Gasteiger partial charge in [0.05, 0.1) is 18.4 Å². The average molecular weight is 388 g/mol. The number of nitrogens with two attached hydrogens (primary N) is 1. The lowest BCUT2D eigenvalue weighted by molar-refractivity contribution is 0.0593. The zero-order valence-electron chi connectivity index (χ0n) is 16.3.